The van der Waals surface area contributed by atoms with Crippen molar-refractivity contribution >= 4 is 21.9 Å². The third kappa shape index (κ3) is 3.01. The van der Waals surface area contributed by atoms with E-state index in [1.165, 1.54) is 0 Å². The van der Waals surface area contributed by atoms with E-state index in [0.717, 1.165) is 63.6 Å². The summed E-state index contributed by atoms with van der Waals surface area (Å²) in [6, 6.07) is 11.5. The summed E-state index contributed by atoms with van der Waals surface area (Å²) >= 11 is 0. The molecule has 0 atom stereocenters. The van der Waals surface area contributed by atoms with Crippen LogP contribution >= 0.6 is 0 Å². The van der Waals surface area contributed by atoms with Crippen LogP contribution in [-0.4, -0.2) is 7.11 Å². The first-order valence-electron chi connectivity index (χ1n) is 9.24. The van der Waals surface area contributed by atoms with Gasteiger partial charge >= 0.3 is 5.63 Å². The molecule has 2 heterocycles. The average molecular weight is 362 g/mol. The summed E-state index contributed by atoms with van der Waals surface area (Å²) in [5.74, 6) is 0.801. The number of hydrogen-bond acceptors (Lipinski definition) is 4. The molecule has 0 unspecified atom stereocenters. The van der Waals surface area contributed by atoms with Crippen LogP contribution in [0.4, 0.5) is 0 Å². The molecule has 0 aliphatic rings. The summed E-state index contributed by atoms with van der Waals surface area (Å²) in [6.07, 6.45) is 4.67. The summed E-state index contributed by atoms with van der Waals surface area (Å²) in [6.45, 7) is 4.15. The van der Waals surface area contributed by atoms with Crippen LogP contribution in [0.15, 0.2) is 56.3 Å². The molecular weight excluding hydrogens is 340 g/mol. The number of unbranched alkanes of at least 4 members (excludes halogenated alkanes) is 1. The van der Waals surface area contributed by atoms with Crippen molar-refractivity contribution < 1.29 is 13.6 Å². The van der Waals surface area contributed by atoms with Gasteiger partial charge in [0, 0.05) is 17.0 Å². The van der Waals surface area contributed by atoms with Gasteiger partial charge in [-0.25, -0.2) is 4.79 Å². The smallest absolute Gasteiger partial charge is 0.336 e. The van der Waals surface area contributed by atoms with E-state index in [4.69, 9.17) is 13.6 Å². The van der Waals surface area contributed by atoms with Crippen LogP contribution in [-0.2, 0) is 6.42 Å². The van der Waals surface area contributed by atoms with Gasteiger partial charge in [-0.15, -0.1) is 0 Å². The molecule has 4 nitrogen and oxygen atoms in total. The molecule has 2 aromatic heterocycles. The lowest BCUT2D eigenvalue weighted by Gasteiger charge is -2.08. The number of ether oxygens (including phenoxy) is 1. The molecule has 4 heteroatoms. The Bertz CT molecular complexity index is 1180. The fourth-order valence-electron chi connectivity index (χ4n) is 3.69. The lowest BCUT2D eigenvalue weighted by Crippen LogP contribution is -2.01. The SMILES string of the molecule is CCCCc1cc(=O)oc2cc(C)c3c(-c4cccc(OC)c4)coc3c12. The molecule has 0 saturated carbocycles. The lowest BCUT2D eigenvalue weighted by molar-refractivity contribution is 0.415. The number of benzene rings is 2. The molecule has 0 aliphatic heterocycles. The molecular formula is C23H22O4. The minimum Gasteiger partial charge on any atom is -0.497 e. The Morgan fingerprint density at radius 1 is 1.11 bits per heavy atom. The van der Waals surface area contributed by atoms with Crippen LogP contribution in [0.3, 0.4) is 0 Å². The van der Waals surface area contributed by atoms with Gasteiger partial charge < -0.3 is 13.6 Å². The number of furan rings is 1. The number of hydrogen-bond donors (Lipinski definition) is 0. The average Bonchev–Trinajstić information content (AvgIpc) is 3.11. The van der Waals surface area contributed by atoms with Crippen molar-refractivity contribution in [1.29, 1.82) is 0 Å². The van der Waals surface area contributed by atoms with E-state index >= 15 is 0 Å². The van der Waals surface area contributed by atoms with Gasteiger partial charge in [0.05, 0.1) is 18.8 Å². The van der Waals surface area contributed by atoms with Crippen LogP contribution in [0.5, 0.6) is 5.75 Å². The molecule has 0 amide bonds. The van der Waals surface area contributed by atoms with Gasteiger partial charge in [0.1, 0.15) is 16.9 Å². The predicted molar refractivity (Wildman–Crippen MR) is 108 cm³/mol. The van der Waals surface area contributed by atoms with Gasteiger partial charge in [-0.2, -0.15) is 0 Å². The molecule has 0 saturated heterocycles. The largest absolute Gasteiger partial charge is 0.497 e. The van der Waals surface area contributed by atoms with Gasteiger partial charge in [-0.05, 0) is 54.7 Å². The molecule has 27 heavy (non-hydrogen) atoms. The standard InChI is InChI=1S/C23H22O4/c1-4-5-7-16-12-20(24)27-19-10-14(2)21-18(13-26-23(21)22(16)19)15-8-6-9-17(11-15)25-3/h6,8-13H,4-5,7H2,1-3H3. The van der Waals surface area contributed by atoms with Crippen molar-refractivity contribution in [1.82, 2.24) is 0 Å². The Morgan fingerprint density at radius 3 is 2.74 bits per heavy atom. The molecule has 0 fully saturated rings. The molecule has 4 rings (SSSR count). The van der Waals surface area contributed by atoms with E-state index in [9.17, 15) is 4.79 Å². The van der Waals surface area contributed by atoms with Crippen LogP contribution < -0.4 is 10.4 Å². The predicted octanol–water partition coefficient (Wildman–Crippen LogP) is 5.87. The van der Waals surface area contributed by atoms with Crippen molar-refractivity contribution in [3.05, 3.63) is 64.2 Å². The van der Waals surface area contributed by atoms with E-state index in [2.05, 4.69) is 6.92 Å². The first-order valence-corrected chi connectivity index (χ1v) is 9.24. The zero-order valence-corrected chi connectivity index (χ0v) is 15.8. The highest BCUT2D eigenvalue weighted by atomic mass is 16.5. The van der Waals surface area contributed by atoms with Crippen molar-refractivity contribution in [2.45, 2.75) is 33.1 Å². The third-order valence-corrected chi connectivity index (χ3v) is 5.01. The van der Waals surface area contributed by atoms with E-state index in [-0.39, 0.29) is 5.63 Å². The maximum Gasteiger partial charge on any atom is 0.336 e. The Morgan fingerprint density at radius 2 is 1.96 bits per heavy atom. The van der Waals surface area contributed by atoms with Crippen LogP contribution in [0.2, 0.25) is 0 Å². The van der Waals surface area contributed by atoms with Crippen LogP contribution in [0.1, 0.15) is 30.9 Å². The third-order valence-electron chi connectivity index (χ3n) is 5.01. The van der Waals surface area contributed by atoms with Gasteiger partial charge in [0.25, 0.3) is 0 Å². The van der Waals surface area contributed by atoms with Crippen LogP contribution in [0, 0.1) is 6.92 Å². The zero-order chi connectivity index (χ0) is 19.0. The first-order chi connectivity index (χ1) is 13.1. The minimum atomic E-state index is -0.313. The number of rotatable bonds is 5. The Hall–Kier alpha value is -3.01. The van der Waals surface area contributed by atoms with Crippen molar-refractivity contribution in [2.75, 3.05) is 7.11 Å². The molecule has 2 aromatic carbocycles. The quantitative estimate of drug-likeness (QED) is 0.417. The zero-order valence-electron chi connectivity index (χ0n) is 15.8. The number of aryl methyl sites for hydroxylation is 2. The summed E-state index contributed by atoms with van der Waals surface area (Å²) in [5, 5.41) is 1.94. The van der Waals surface area contributed by atoms with Gasteiger partial charge in [-0.3, -0.25) is 0 Å². The Labute approximate surface area is 157 Å². The molecule has 0 aliphatic carbocycles. The van der Waals surface area contributed by atoms with E-state index in [0.29, 0.717) is 5.58 Å². The minimum absolute atomic E-state index is 0.313. The summed E-state index contributed by atoms with van der Waals surface area (Å²) in [5.41, 5.74) is 5.09. The van der Waals surface area contributed by atoms with Crippen molar-refractivity contribution in [3.8, 4) is 16.9 Å². The second-order valence-electron chi connectivity index (χ2n) is 6.85. The van der Waals surface area contributed by atoms with Crippen LogP contribution in [0.25, 0.3) is 33.1 Å². The highest BCUT2D eigenvalue weighted by Crippen LogP contribution is 2.39. The van der Waals surface area contributed by atoms with Crippen molar-refractivity contribution in [2.24, 2.45) is 0 Å². The highest BCUT2D eigenvalue weighted by molar-refractivity contribution is 6.10. The number of methoxy groups -OCH3 is 1. The van der Waals surface area contributed by atoms with Crippen molar-refractivity contribution in [3.63, 3.8) is 0 Å². The summed E-state index contributed by atoms with van der Waals surface area (Å²) in [4.78, 5) is 12.0. The molecule has 138 valence electrons. The lowest BCUT2D eigenvalue weighted by atomic mass is 9.96. The monoisotopic (exact) mass is 362 g/mol. The van der Waals surface area contributed by atoms with Gasteiger partial charge in [0.15, 0.2) is 0 Å². The molecule has 0 bridgehead atoms. The Balaban J connectivity index is 2.02. The normalized spacial score (nSPS) is 11.4. The summed E-state index contributed by atoms with van der Waals surface area (Å²) in [7, 11) is 1.66. The van der Waals surface area contributed by atoms with Gasteiger partial charge in [0.2, 0.25) is 0 Å². The molecule has 0 spiro atoms. The fourth-order valence-corrected chi connectivity index (χ4v) is 3.69. The first kappa shape index (κ1) is 17.4. The second kappa shape index (κ2) is 6.95. The Kier molecular flexibility index (Phi) is 4.48. The summed E-state index contributed by atoms with van der Waals surface area (Å²) < 4.78 is 16.9. The molecule has 0 N–H and O–H groups in total. The second-order valence-corrected chi connectivity index (χ2v) is 6.85. The molecule has 0 radical (unpaired) electrons. The van der Waals surface area contributed by atoms with Gasteiger partial charge in [-0.1, -0.05) is 25.5 Å². The van der Waals surface area contributed by atoms with E-state index in [1.54, 1.807) is 19.4 Å². The topological polar surface area (TPSA) is 52.6 Å². The fraction of sp³-hybridized carbons (Fsp3) is 0.261. The number of fused-ring (bicyclic) bond motifs is 3. The van der Waals surface area contributed by atoms with E-state index in [1.807, 2.05) is 37.3 Å². The maximum absolute atomic E-state index is 12.0. The molecule has 4 aromatic rings. The maximum atomic E-state index is 12.0. The van der Waals surface area contributed by atoms with E-state index < -0.39 is 0 Å². The highest BCUT2D eigenvalue weighted by Gasteiger charge is 2.18.